The van der Waals surface area contributed by atoms with Crippen LogP contribution in [0.2, 0.25) is 0 Å². The van der Waals surface area contributed by atoms with Gasteiger partial charge in [0, 0.05) is 44.1 Å². The van der Waals surface area contributed by atoms with Crippen molar-refractivity contribution in [2.24, 2.45) is 22.9 Å². The zero-order chi connectivity index (χ0) is 39.0. The zero-order valence-electron chi connectivity index (χ0n) is 32.5. The van der Waals surface area contributed by atoms with Gasteiger partial charge in [-0.05, 0) is 81.1 Å². The summed E-state index contributed by atoms with van der Waals surface area (Å²) in [6, 6.07) is 5.07. The Hall–Kier alpha value is -3.46. The van der Waals surface area contributed by atoms with Crippen molar-refractivity contribution in [2.45, 2.75) is 95.2 Å². The normalized spacial score (nSPS) is 27.6. The maximum Gasteiger partial charge on any atom is 0.410 e. The second kappa shape index (κ2) is 21.7. The van der Waals surface area contributed by atoms with Gasteiger partial charge in [0.2, 0.25) is 12.1 Å². The summed E-state index contributed by atoms with van der Waals surface area (Å²) in [6.07, 6.45) is 12.1. The molecule has 4 aliphatic rings. The molecule has 2 aliphatic carbocycles. The molecule has 1 saturated heterocycles. The van der Waals surface area contributed by atoms with Gasteiger partial charge >= 0.3 is 6.09 Å². The molecular weight excluding hydrogens is 708 g/mol. The summed E-state index contributed by atoms with van der Waals surface area (Å²) >= 11 is 0. The monoisotopic (exact) mass is 770 g/mol. The summed E-state index contributed by atoms with van der Waals surface area (Å²) in [5.41, 5.74) is 2.56. The highest BCUT2D eigenvalue weighted by Gasteiger charge is 2.65. The first-order valence-corrected chi connectivity index (χ1v) is 20.2. The lowest BCUT2D eigenvalue weighted by Gasteiger charge is -2.59. The molecule has 55 heavy (non-hydrogen) atoms. The lowest BCUT2D eigenvalue weighted by molar-refractivity contribution is -0.256. The van der Waals surface area contributed by atoms with Crippen molar-refractivity contribution >= 4 is 11.8 Å². The van der Waals surface area contributed by atoms with E-state index in [4.69, 9.17) is 38.4 Å². The minimum atomic E-state index is -1.43. The third-order valence-corrected chi connectivity index (χ3v) is 11.0. The SMILES string of the molecule is C=CCOc1ccc2c(c1)C1C(CCCCO)C(CCCCO)C=C3C(=NOC4CCCCO4)CC(N(CCOCCO)C(=O)OCC)C(OCC=C)(O2)C31. The molecule has 7 unspecified atom stereocenters. The first-order valence-electron chi connectivity index (χ1n) is 20.2. The highest BCUT2D eigenvalue weighted by atomic mass is 16.8. The highest BCUT2D eigenvalue weighted by molar-refractivity contribution is 6.03. The third kappa shape index (κ3) is 10.3. The maximum absolute atomic E-state index is 14.1. The predicted molar refractivity (Wildman–Crippen MR) is 207 cm³/mol. The number of carbonyl (C=O) groups is 1. The number of carbonyl (C=O) groups excluding carboxylic acids is 1. The van der Waals surface area contributed by atoms with E-state index in [-0.39, 0.29) is 77.0 Å². The number of allylic oxidation sites excluding steroid dienone is 1. The molecule has 0 spiro atoms. The zero-order valence-corrected chi connectivity index (χ0v) is 32.5. The van der Waals surface area contributed by atoms with E-state index in [2.05, 4.69) is 19.2 Å². The summed E-state index contributed by atoms with van der Waals surface area (Å²) in [7, 11) is 0. The number of ether oxygens (including phenoxy) is 6. The Bertz CT molecular complexity index is 1450. The number of aliphatic hydroxyl groups is 3. The smallest absolute Gasteiger partial charge is 0.410 e. The maximum atomic E-state index is 14.1. The number of unbranched alkanes of at least 4 members (excludes halogenated alkanes) is 2. The molecule has 1 aromatic rings. The number of hydrogen-bond acceptors (Lipinski definition) is 12. The molecule has 0 radical (unpaired) electrons. The topological polar surface area (TPSA) is 158 Å². The summed E-state index contributed by atoms with van der Waals surface area (Å²) in [4.78, 5) is 21.9. The van der Waals surface area contributed by atoms with Gasteiger partial charge in [0.25, 0.3) is 0 Å². The Balaban J connectivity index is 1.75. The van der Waals surface area contributed by atoms with Crippen LogP contribution in [0.25, 0.3) is 0 Å². The van der Waals surface area contributed by atoms with Crippen molar-refractivity contribution < 1.29 is 53.4 Å². The van der Waals surface area contributed by atoms with Crippen LogP contribution in [-0.2, 0) is 23.8 Å². The van der Waals surface area contributed by atoms with Crippen LogP contribution in [0.5, 0.6) is 11.5 Å². The van der Waals surface area contributed by atoms with Crippen LogP contribution in [0.4, 0.5) is 4.79 Å². The second-order valence-electron chi connectivity index (χ2n) is 14.5. The molecular formula is C42H62N2O11. The predicted octanol–water partition coefficient (Wildman–Crippen LogP) is 5.88. The number of hydrogen-bond donors (Lipinski definition) is 3. The largest absolute Gasteiger partial charge is 0.490 e. The number of aliphatic hydroxyl groups excluding tert-OH is 3. The van der Waals surface area contributed by atoms with Gasteiger partial charge in [-0.15, -0.1) is 6.58 Å². The third-order valence-electron chi connectivity index (χ3n) is 11.0. The van der Waals surface area contributed by atoms with E-state index < -0.39 is 30.1 Å². The van der Waals surface area contributed by atoms with E-state index in [0.717, 1.165) is 56.1 Å². The summed E-state index contributed by atoms with van der Waals surface area (Å²) in [5.74, 6) is -0.666. The fourth-order valence-corrected chi connectivity index (χ4v) is 8.72. The number of rotatable bonds is 23. The van der Waals surface area contributed by atoms with Crippen LogP contribution in [0, 0.1) is 17.8 Å². The van der Waals surface area contributed by atoms with Gasteiger partial charge in [0.1, 0.15) is 24.1 Å². The molecule has 13 nitrogen and oxygen atoms in total. The van der Waals surface area contributed by atoms with E-state index in [9.17, 15) is 20.1 Å². The summed E-state index contributed by atoms with van der Waals surface area (Å²) in [6.45, 7) is 11.2. The molecule has 13 heteroatoms. The van der Waals surface area contributed by atoms with Crippen molar-refractivity contribution in [3.63, 3.8) is 0 Å². The average molecular weight is 771 g/mol. The van der Waals surface area contributed by atoms with E-state index in [0.29, 0.717) is 43.3 Å². The number of oxime groups is 1. The molecule has 2 fully saturated rings. The molecule has 5 rings (SSSR count). The van der Waals surface area contributed by atoms with Crippen molar-refractivity contribution in [3.05, 3.63) is 60.7 Å². The molecule has 2 aliphatic heterocycles. The van der Waals surface area contributed by atoms with Gasteiger partial charge in [0.15, 0.2) is 0 Å². The van der Waals surface area contributed by atoms with Crippen LogP contribution in [0.15, 0.2) is 60.3 Å². The van der Waals surface area contributed by atoms with Crippen LogP contribution < -0.4 is 9.47 Å². The first-order chi connectivity index (χ1) is 27.0. The van der Waals surface area contributed by atoms with Gasteiger partial charge < -0.3 is 48.6 Å². The summed E-state index contributed by atoms with van der Waals surface area (Å²) < 4.78 is 37.6. The minimum absolute atomic E-state index is 0.0644. The second-order valence-corrected chi connectivity index (χ2v) is 14.5. The number of benzene rings is 1. The molecule has 306 valence electrons. The van der Waals surface area contributed by atoms with Crippen LogP contribution in [0.3, 0.4) is 0 Å². The van der Waals surface area contributed by atoms with Gasteiger partial charge in [-0.1, -0.05) is 42.8 Å². The lowest BCUT2D eigenvalue weighted by atomic mass is 9.55. The standard InChI is InChI=1S/C42H62N2O11/c1-4-22-51-31-16-17-36-34(28-31)39-32(14-8-11-20-46)30(13-7-10-19-45)27-33-35(43-55-38-15-9-12-24-52-38)29-37(42(54-36,40(33)39)53-23-5-2)44(41(48)50-6-3)18-25-49-26-21-47/h4-5,16-17,27-28,30,32,37-40,45-47H,1-2,6-15,18-26,29H2,3H3. The molecule has 0 bridgehead atoms. The molecule has 7 atom stereocenters. The van der Waals surface area contributed by atoms with Crippen molar-refractivity contribution in [3.8, 4) is 11.5 Å². The number of amides is 1. The molecule has 2 heterocycles. The van der Waals surface area contributed by atoms with Gasteiger partial charge in [-0.25, -0.2) is 4.79 Å². The molecule has 1 amide bonds. The van der Waals surface area contributed by atoms with Crippen LogP contribution in [-0.4, -0.2) is 116 Å². The van der Waals surface area contributed by atoms with E-state index >= 15 is 0 Å². The fraction of sp³-hybridized carbons (Fsp3) is 0.667. The van der Waals surface area contributed by atoms with Crippen molar-refractivity contribution in [2.75, 3.05) is 66.0 Å². The Morgan fingerprint density at radius 1 is 1.04 bits per heavy atom. The Morgan fingerprint density at radius 3 is 2.55 bits per heavy atom. The minimum Gasteiger partial charge on any atom is -0.490 e. The van der Waals surface area contributed by atoms with Gasteiger partial charge in [-0.3, -0.25) is 4.90 Å². The van der Waals surface area contributed by atoms with E-state index in [1.807, 2.05) is 18.2 Å². The fourth-order valence-electron chi connectivity index (χ4n) is 8.72. The number of nitrogens with zero attached hydrogens (tertiary/aromatic N) is 2. The molecule has 3 N–H and O–H groups in total. The average Bonchev–Trinajstić information content (AvgIpc) is 3.20. The van der Waals surface area contributed by atoms with Crippen LogP contribution >= 0.6 is 0 Å². The van der Waals surface area contributed by atoms with Crippen LogP contribution in [0.1, 0.15) is 82.6 Å². The molecule has 1 aromatic carbocycles. The first kappa shape index (κ1) is 42.7. The van der Waals surface area contributed by atoms with Crippen molar-refractivity contribution in [1.82, 2.24) is 4.90 Å². The quantitative estimate of drug-likeness (QED) is 0.0694. The van der Waals surface area contributed by atoms with E-state index in [1.165, 1.54) is 0 Å². The van der Waals surface area contributed by atoms with Gasteiger partial charge in [-0.2, -0.15) is 0 Å². The highest BCUT2D eigenvalue weighted by Crippen LogP contribution is 2.62. The number of fused-ring (bicyclic) bond motifs is 2. The van der Waals surface area contributed by atoms with Gasteiger partial charge in [0.05, 0.1) is 51.3 Å². The van der Waals surface area contributed by atoms with Crippen molar-refractivity contribution in [1.29, 1.82) is 0 Å². The molecule has 1 saturated carbocycles. The Labute approximate surface area is 325 Å². The lowest BCUT2D eigenvalue weighted by Crippen LogP contribution is -2.70. The Morgan fingerprint density at radius 2 is 1.84 bits per heavy atom. The molecule has 0 aromatic heterocycles. The summed E-state index contributed by atoms with van der Waals surface area (Å²) in [5, 5.41) is 34.0. The Kier molecular flexibility index (Phi) is 16.9. The van der Waals surface area contributed by atoms with E-state index in [1.54, 1.807) is 24.0 Å².